The lowest BCUT2D eigenvalue weighted by atomic mass is 9.78. The zero-order chi connectivity index (χ0) is 13.2. The molecule has 0 radical (unpaired) electrons. The van der Waals surface area contributed by atoms with Gasteiger partial charge in [0.15, 0.2) is 0 Å². The Kier molecular flexibility index (Phi) is 4.25. The second-order valence-corrected chi connectivity index (χ2v) is 5.83. The quantitative estimate of drug-likeness (QED) is 0.836. The van der Waals surface area contributed by atoms with Gasteiger partial charge in [0.1, 0.15) is 5.82 Å². The fraction of sp³-hybridized carbons (Fsp3) is 0.571. The Morgan fingerprint density at radius 2 is 2.17 bits per heavy atom. The van der Waals surface area contributed by atoms with Gasteiger partial charge in [-0.1, -0.05) is 24.4 Å². The summed E-state index contributed by atoms with van der Waals surface area (Å²) in [5.74, 6) is 0.359. The molecule has 4 heteroatoms. The predicted octanol–water partition coefficient (Wildman–Crippen LogP) is 2.76. The van der Waals surface area contributed by atoms with Gasteiger partial charge < -0.3 is 10.8 Å². The maximum absolute atomic E-state index is 13.3. The van der Waals surface area contributed by atoms with E-state index in [1.54, 1.807) is 6.07 Å². The van der Waals surface area contributed by atoms with Crippen molar-refractivity contribution in [1.82, 2.24) is 0 Å². The monoisotopic (exact) mass is 271 g/mol. The third-order valence-corrected chi connectivity index (χ3v) is 4.13. The van der Waals surface area contributed by atoms with E-state index in [4.69, 9.17) is 17.3 Å². The van der Waals surface area contributed by atoms with E-state index in [-0.39, 0.29) is 17.8 Å². The van der Waals surface area contributed by atoms with Gasteiger partial charge >= 0.3 is 0 Å². The average Bonchev–Trinajstić information content (AvgIpc) is 3.16. The van der Waals surface area contributed by atoms with Crippen LogP contribution >= 0.6 is 11.6 Å². The van der Waals surface area contributed by atoms with Crippen molar-refractivity contribution >= 4 is 11.6 Å². The van der Waals surface area contributed by atoms with Crippen LogP contribution < -0.4 is 5.73 Å². The van der Waals surface area contributed by atoms with Gasteiger partial charge in [-0.15, -0.1) is 0 Å². The van der Waals surface area contributed by atoms with Crippen molar-refractivity contribution < 1.29 is 9.50 Å². The Balaban J connectivity index is 2.18. The van der Waals surface area contributed by atoms with E-state index >= 15 is 0 Å². The number of aliphatic hydroxyl groups is 1. The molecular formula is C14H19ClFNO. The third kappa shape index (κ3) is 3.22. The van der Waals surface area contributed by atoms with E-state index in [2.05, 4.69) is 0 Å². The van der Waals surface area contributed by atoms with Crippen LogP contribution in [-0.4, -0.2) is 18.3 Å². The molecule has 0 spiro atoms. The van der Waals surface area contributed by atoms with Crippen LogP contribution in [0.5, 0.6) is 0 Å². The smallest absolute Gasteiger partial charge is 0.123 e. The first-order valence-electron chi connectivity index (χ1n) is 6.33. The van der Waals surface area contributed by atoms with Crippen LogP contribution in [0.2, 0.25) is 5.02 Å². The highest BCUT2D eigenvalue weighted by Gasteiger charge is 2.36. The number of aliphatic hydroxyl groups excluding tert-OH is 1. The summed E-state index contributed by atoms with van der Waals surface area (Å²) in [4.78, 5) is 0. The lowest BCUT2D eigenvalue weighted by molar-refractivity contribution is 0.115. The largest absolute Gasteiger partial charge is 0.396 e. The Labute approximate surface area is 112 Å². The van der Waals surface area contributed by atoms with Crippen molar-refractivity contribution in [2.75, 3.05) is 13.2 Å². The van der Waals surface area contributed by atoms with Crippen LogP contribution in [0.3, 0.4) is 0 Å². The standard InChI is InChI=1S/C14H19ClFNO/c15-13-4-3-12(16)5-11(13)7-14(8-17,9-18)6-10-1-2-10/h3-5,10,18H,1-2,6-9,17H2. The molecule has 1 atom stereocenters. The minimum atomic E-state index is -0.363. The highest BCUT2D eigenvalue weighted by molar-refractivity contribution is 6.31. The highest BCUT2D eigenvalue weighted by Crippen LogP contribution is 2.42. The van der Waals surface area contributed by atoms with Crippen molar-refractivity contribution in [3.05, 3.63) is 34.6 Å². The number of nitrogens with two attached hydrogens (primary N) is 1. The second kappa shape index (κ2) is 5.55. The van der Waals surface area contributed by atoms with E-state index in [1.807, 2.05) is 0 Å². The minimum absolute atomic E-state index is 0.0207. The number of rotatable bonds is 6. The SMILES string of the molecule is NCC(CO)(Cc1cc(F)ccc1Cl)CC1CC1. The maximum Gasteiger partial charge on any atom is 0.123 e. The summed E-state index contributed by atoms with van der Waals surface area (Å²) < 4.78 is 13.3. The van der Waals surface area contributed by atoms with Crippen molar-refractivity contribution in [2.24, 2.45) is 17.1 Å². The molecule has 1 saturated carbocycles. The molecule has 1 aliphatic rings. The zero-order valence-corrected chi connectivity index (χ0v) is 11.1. The number of benzene rings is 1. The van der Waals surface area contributed by atoms with E-state index in [1.165, 1.54) is 25.0 Å². The molecule has 1 aromatic carbocycles. The molecule has 18 heavy (non-hydrogen) atoms. The Hall–Kier alpha value is -0.640. The third-order valence-electron chi connectivity index (χ3n) is 3.76. The van der Waals surface area contributed by atoms with Gasteiger partial charge in [0.25, 0.3) is 0 Å². The van der Waals surface area contributed by atoms with Gasteiger partial charge in [0.2, 0.25) is 0 Å². The molecule has 0 aliphatic heterocycles. The van der Waals surface area contributed by atoms with E-state index in [0.717, 1.165) is 12.0 Å². The molecule has 0 amide bonds. The highest BCUT2D eigenvalue weighted by atomic mass is 35.5. The summed E-state index contributed by atoms with van der Waals surface area (Å²) in [6.45, 7) is 0.416. The first-order valence-corrected chi connectivity index (χ1v) is 6.71. The lowest BCUT2D eigenvalue weighted by Crippen LogP contribution is -2.37. The summed E-state index contributed by atoms with van der Waals surface area (Å²) in [6, 6.07) is 4.34. The Bertz CT molecular complexity index is 416. The summed E-state index contributed by atoms with van der Waals surface area (Å²) >= 11 is 6.08. The van der Waals surface area contributed by atoms with Crippen LogP contribution in [-0.2, 0) is 6.42 Å². The number of halogens is 2. The molecule has 1 aliphatic carbocycles. The van der Waals surface area contributed by atoms with Crippen LogP contribution in [0.25, 0.3) is 0 Å². The average molecular weight is 272 g/mol. The Morgan fingerprint density at radius 1 is 1.44 bits per heavy atom. The molecule has 0 aromatic heterocycles. The molecule has 100 valence electrons. The molecule has 1 aromatic rings. The summed E-state index contributed by atoms with van der Waals surface area (Å²) in [7, 11) is 0. The molecule has 0 bridgehead atoms. The maximum atomic E-state index is 13.3. The van der Waals surface area contributed by atoms with Crippen LogP contribution in [0.4, 0.5) is 4.39 Å². The minimum Gasteiger partial charge on any atom is -0.396 e. The molecule has 1 fully saturated rings. The van der Waals surface area contributed by atoms with Crippen molar-refractivity contribution in [1.29, 1.82) is 0 Å². The molecule has 2 nitrogen and oxygen atoms in total. The topological polar surface area (TPSA) is 46.2 Å². The molecule has 2 rings (SSSR count). The van der Waals surface area contributed by atoms with Gasteiger partial charge in [-0.05, 0) is 42.5 Å². The van der Waals surface area contributed by atoms with Crippen molar-refractivity contribution in [2.45, 2.75) is 25.7 Å². The summed E-state index contributed by atoms with van der Waals surface area (Å²) in [5, 5.41) is 10.2. The summed E-state index contributed by atoms with van der Waals surface area (Å²) in [5.41, 5.74) is 6.20. The first kappa shape index (κ1) is 13.8. The van der Waals surface area contributed by atoms with Crippen LogP contribution in [0.15, 0.2) is 18.2 Å². The fourth-order valence-electron chi connectivity index (χ4n) is 2.43. The Morgan fingerprint density at radius 3 is 2.72 bits per heavy atom. The number of hydrogen-bond acceptors (Lipinski definition) is 2. The molecule has 0 heterocycles. The van der Waals surface area contributed by atoms with E-state index < -0.39 is 0 Å². The van der Waals surface area contributed by atoms with Crippen molar-refractivity contribution in [3.63, 3.8) is 0 Å². The van der Waals surface area contributed by atoms with Gasteiger partial charge in [0.05, 0.1) is 6.61 Å². The van der Waals surface area contributed by atoms with Crippen LogP contribution in [0, 0.1) is 17.2 Å². The normalized spacial score (nSPS) is 18.7. The fourth-order valence-corrected chi connectivity index (χ4v) is 2.61. The molecule has 0 saturated heterocycles. The number of hydrogen-bond donors (Lipinski definition) is 2. The summed E-state index contributed by atoms with van der Waals surface area (Å²) in [6.07, 6.45) is 3.84. The predicted molar refractivity (Wildman–Crippen MR) is 71.0 cm³/mol. The first-order chi connectivity index (χ1) is 8.58. The second-order valence-electron chi connectivity index (χ2n) is 5.42. The van der Waals surface area contributed by atoms with Gasteiger partial charge in [0, 0.05) is 17.0 Å². The van der Waals surface area contributed by atoms with E-state index in [9.17, 15) is 9.50 Å². The molecular weight excluding hydrogens is 253 g/mol. The lowest BCUT2D eigenvalue weighted by Gasteiger charge is -2.31. The van der Waals surface area contributed by atoms with Gasteiger partial charge in [-0.25, -0.2) is 4.39 Å². The van der Waals surface area contributed by atoms with Crippen molar-refractivity contribution in [3.8, 4) is 0 Å². The van der Waals surface area contributed by atoms with E-state index in [0.29, 0.717) is 23.9 Å². The molecule has 1 unspecified atom stereocenters. The van der Waals surface area contributed by atoms with Crippen LogP contribution in [0.1, 0.15) is 24.8 Å². The molecule has 3 N–H and O–H groups in total. The van der Waals surface area contributed by atoms with Gasteiger partial charge in [-0.2, -0.15) is 0 Å². The van der Waals surface area contributed by atoms with Gasteiger partial charge in [-0.3, -0.25) is 0 Å². The zero-order valence-electron chi connectivity index (χ0n) is 10.3.